The van der Waals surface area contributed by atoms with Crippen LogP contribution in [0.3, 0.4) is 0 Å². The van der Waals surface area contributed by atoms with E-state index in [4.69, 9.17) is 18.5 Å². The van der Waals surface area contributed by atoms with Crippen LogP contribution >= 0.6 is 7.82 Å². The number of hydrogen-bond acceptors (Lipinski definition) is 8. The van der Waals surface area contributed by atoms with Crippen LogP contribution in [-0.2, 0) is 32.7 Å². The highest BCUT2D eigenvalue weighted by Gasteiger charge is 2.21. The first-order valence-corrected chi connectivity index (χ1v) is 23.5. The minimum Gasteiger partial charge on any atom is -0.756 e. The molecule has 0 heterocycles. The van der Waals surface area contributed by atoms with Gasteiger partial charge in [0, 0.05) is 12.8 Å². The number of carbonyl (C=O) groups excluding carboxylic acids is 2. The molecule has 54 heavy (non-hydrogen) atoms. The Morgan fingerprint density at radius 1 is 0.556 bits per heavy atom. The first kappa shape index (κ1) is 52.5. The number of quaternary nitrogens is 1. The molecule has 0 aliphatic rings. The molecule has 0 aromatic rings. The number of hydrogen-bond donors (Lipinski definition) is 0. The molecule has 0 N–H and O–H groups in total. The topological polar surface area (TPSA) is 111 Å². The van der Waals surface area contributed by atoms with Crippen LogP contribution in [-0.4, -0.2) is 70.0 Å². The van der Waals surface area contributed by atoms with Gasteiger partial charge in [-0.1, -0.05) is 147 Å². The van der Waals surface area contributed by atoms with E-state index in [1.165, 1.54) is 109 Å². The molecule has 0 aromatic carbocycles. The zero-order chi connectivity index (χ0) is 40.0. The highest BCUT2D eigenvalue weighted by molar-refractivity contribution is 7.45. The van der Waals surface area contributed by atoms with Gasteiger partial charge in [0.05, 0.1) is 27.7 Å². The van der Waals surface area contributed by atoms with E-state index in [1.807, 2.05) is 21.1 Å². The molecule has 2 atom stereocenters. The third-order valence-electron chi connectivity index (χ3n) is 9.44. The van der Waals surface area contributed by atoms with E-state index in [2.05, 4.69) is 38.2 Å². The maximum Gasteiger partial charge on any atom is 0.306 e. The van der Waals surface area contributed by atoms with Crippen LogP contribution in [0.1, 0.15) is 194 Å². The SMILES string of the molecule is CCCC/C=C/CCCCCCCCCCCC(=O)O[C@H](COC(=O)CCCCC/C=C/CCCCCCCCCC)COP(=O)([O-])OCC[N+](C)(C)C. The van der Waals surface area contributed by atoms with Gasteiger partial charge in [0.2, 0.25) is 0 Å². The van der Waals surface area contributed by atoms with Gasteiger partial charge in [-0.05, 0) is 57.8 Å². The van der Waals surface area contributed by atoms with Crippen LogP contribution in [0.25, 0.3) is 0 Å². The summed E-state index contributed by atoms with van der Waals surface area (Å²) in [5.74, 6) is -0.851. The molecule has 0 spiro atoms. The molecule has 0 fully saturated rings. The standard InChI is InChI=1S/C44H84NO8P/c1-6-8-10-12-14-16-18-20-22-24-26-28-30-32-34-36-43(46)50-40-42(41-52-54(48,49)51-39-38-45(3,4)5)53-44(47)37-35-33-31-29-27-25-23-21-19-17-15-13-11-9-7-2/h13,15,24,26,42H,6-12,14,16-23,25,27-41H2,1-5H3/b15-13+,26-24+/t42-/m1/s1. The summed E-state index contributed by atoms with van der Waals surface area (Å²) in [6.07, 6.45) is 39.1. The number of nitrogens with zero attached hydrogens (tertiary/aromatic N) is 1. The summed E-state index contributed by atoms with van der Waals surface area (Å²) < 4.78 is 33.9. The van der Waals surface area contributed by atoms with Gasteiger partial charge in [0.1, 0.15) is 19.8 Å². The minimum atomic E-state index is -4.62. The summed E-state index contributed by atoms with van der Waals surface area (Å²) in [7, 11) is 1.16. The summed E-state index contributed by atoms with van der Waals surface area (Å²) in [5.41, 5.74) is 0. The summed E-state index contributed by atoms with van der Waals surface area (Å²) in [6, 6.07) is 0. The molecule has 0 aliphatic carbocycles. The van der Waals surface area contributed by atoms with Crippen molar-refractivity contribution >= 4 is 19.8 Å². The van der Waals surface area contributed by atoms with E-state index in [0.717, 1.165) is 44.9 Å². The monoisotopic (exact) mass is 786 g/mol. The fourth-order valence-electron chi connectivity index (χ4n) is 5.92. The Hall–Kier alpha value is -1.51. The van der Waals surface area contributed by atoms with E-state index in [9.17, 15) is 19.0 Å². The Balaban J connectivity index is 4.37. The maximum absolute atomic E-state index is 12.7. The van der Waals surface area contributed by atoms with Crippen LogP contribution in [0.5, 0.6) is 0 Å². The third-order valence-corrected chi connectivity index (χ3v) is 10.4. The number of allylic oxidation sites excluding steroid dienone is 4. The number of ether oxygens (including phenoxy) is 2. The molecule has 0 rings (SSSR count). The smallest absolute Gasteiger partial charge is 0.306 e. The number of unbranched alkanes of at least 4 members (excludes halogenated alkanes) is 22. The lowest BCUT2D eigenvalue weighted by Crippen LogP contribution is -2.37. The molecule has 10 heteroatoms. The number of phosphoric ester groups is 1. The van der Waals surface area contributed by atoms with Gasteiger partial charge in [0.15, 0.2) is 6.10 Å². The van der Waals surface area contributed by atoms with Crippen LogP contribution in [0, 0.1) is 0 Å². The molecular weight excluding hydrogens is 701 g/mol. The highest BCUT2D eigenvalue weighted by atomic mass is 31.2. The molecule has 0 saturated heterocycles. The van der Waals surface area contributed by atoms with Crippen molar-refractivity contribution in [2.75, 3.05) is 47.5 Å². The predicted molar refractivity (Wildman–Crippen MR) is 222 cm³/mol. The molecule has 0 aromatic heterocycles. The summed E-state index contributed by atoms with van der Waals surface area (Å²) >= 11 is 0. The summed E-state index contributed by atoms with van der Waals surface area (Å²) in [4.78, 5) is 37.5. The molecule has 318 valence electrons. The second kappa shape index (κ2) is 37.1. The zero-order valence-corrected chi connectivity index (χ0v) is 36.6. The van der Waals surface area contributed by atoms with E-state index < -0.39 is 32.5 Å². The molecule has 0 aliphatic heterocycles. The van der Waals surface area contributed by atoms with Gasteiger partial charge in [-0.3, -0.25) is 14.2 Å². The predicted octanol–water partition coefficient (Wildman–Crippen LogP) is 11.7. The van der Waals surface area contributed by atoms with Gasteiger partial charge >= 0.3 is 11.9 Å². The van der Waals surface area contributed by atoms with E-state index in [-0.39, 0.29) is 26.1 Å². The number of phosphoric acid groups is 1. The molecule has 9 nitrogen and oxygen atoms in total. The average Bonchev–Trinajstić information content (AvgIpc) is 3.12. The Morgan fingerprint density at radius 3 is 1.44 bits per heavy atom. The number of esters is 2. The van der Waals surface area contributed by atoms with E-state index in [1.54, 1.807) is 0 Å². The molecule has 0 radical (unpaired) electrons. The van der Waals surface area contributed by atoms with Crippen LogP contribution in [0.15, 0.2) is 24.3 Å². The Morgan fingerprint density at radius 2 is 0.963 bits per heavy atom. The minimum absolute atomic E-state index is 0.0322. The number of likely N-dealkylation sites (N-methyl/N-ethyl adjacent to an activating group) is 1. The van der Waals surface area contributed by atoms with Gasteiger partial charge in [-0.15, -0.1) is 0 Å². The highest BCUT2D eigenvalue weighted by Crippen LogP contribution is 2.38. The van der Waals surface area contributed by atoms with Crippen molar-refractivity contribution in [2.45, 2.75) is 200 Å². The summed E-state index contributed by atoms with van der Waals surface area (Å²) in [5, 5.41) is 0. The second-order valence-corrected chi connectivity index (χ2v) is 17.5. The number of rotatable bonds is 40. The van der Waals surface area contributed by atoms with Crippen molar-refractivity contribution in [1.82, 2.24) is 0 Å². The van der Waals surface area contributed by atoms with Crippen molar-refractivity contribution < 1.29 is 42.1 Å². The first-order valence-electron chi connectivity index (χ1n) is 22.0. The third kappa shape index (κ3) is 40.2. The lowest BCUT2D eigenvalue weighted by atomic mass is 10.1. The van der Waals surface area contributed by atoms with Crippen molar-refractivity contribution in [3.05, 3.63) is 24.3 Å². The Bertz CT molecular complexity index is 980. The van der Waals surface area contributed by atoms with Crippen LogP contribution in [0.2, 0.25) is 0 Å². The number of carbonyl (C=O) groups is 2. The molecule has 0 bridgehead atoms. The normalized spacial score (nSPS) is 13.8. The zero-order valence-electron chi connectivity index (χ0n) is 35.7. The van der Waals surface area contributed by atoms with E-state index in [0.29, 0.717) is 23.9 Å². The van der Waals surface area contributed by atoms with Gasteiger partial charge in [-0.25, -0.2) is 0 Å². The fourth-order valence-corrected chi connectivity index (χ4v) is 6.65. The lowest BCUT2D eigenvalue weighted by Gasteiger charge is -2.28. The van der Waals surface area contributed by atoms with Gasteiger partial charge in [0.25, 0.3) is 7.82 Å². The van der Waals surface area contributed by atoms with Crippen molar-refractivity contribution in [3.8, 4) is 0 Å². The van der Waals surface area contributed by atoms with Crippen LogP contribution < -0.4 is 4.89 Å². The molecular formula is C44H84NO8P. The maximum atomic E-state index is 12.7. The van der Waals surface area contributed by atoms with Gasteiger partial charge < -0.3 is 27.9 Å². The quantitative estimate of drug-likeness (QED) is 0.0198. The summed E-state index contributed by atoms with van der Waals surface area (Å²) in [6.45, 7) is 4.18. The Kier molecular flexibility index (Phi) is 36.1. The van der Waals surface area contributed by atoms with Crippen molar-refractivity contribution in [2.24, 2.45) is 0 Å². The van der Waals surface area contributed by atoms with Crippen molar-refractivity contribution in [3.63, 3.8) is 0 Å². The van der Waals surface area contributed by atoms with Crippen LogP contribution in [0.4, 0.5) is 0 Å². The fraction of sp³-hybridized carbons (Fsp3) is 0.864. The average molecular weight is 786 g/mol. The largest absolute Gasteiger partial charge is 0.756 e. The van der Waals surface area contributed by atoms with E-state index >= 15 is 0 Å². The lowest BCUT2D eigenvalue weighted by molar-refractivity contribution is -0.870. The molecule has 1 unspecified atom stereocenters. The van der Waals surface area contributed by atoms with Gasteiger partial charge in [-0.2, -0.15) is 0 Å². The molecule has 0 amide bonds. The Labute approximate surface area is 332 Å². The van der Waals surface area contributed by atoms with Crippen molar-refractivity contribution in [1.29, 1.82) is 0 Å². The first-order chi connectivity index (χ1) is 26.0. The second-order valence-electron chi connectivity index (χ2n) is 16.1. The molecule has 0 saturated carbocycles.